The molecule has 0 radical (unpaired) electrons. The molecule has 3 aromatic rings. The molecule has 0 amide bonds. The molecule has 0 aliphatic rings. The van der Waals surface area contributed by atoms with Crippen LogP contribution in [0.25, 0.3) is 11.2 Å². The predicted molar refractivity (Wildman–Crippen MR) is 102 cm³/mol. The zero-order valence-corrected chi connectivity index (χ0v) is 15.4. The lowest BCUT2D eigenvalue weighted by Gasteiger charge is -2.08. The number of benzene rings is 1. The fourth-order valence-electron chi connectivity index (χ4n) is 2.55. The second-order valence-corrected chi connectivity index (χ2v) is 6.27. The van der Waals surface area contributed by atoms with Crippen molar-refractivity contribution in [1.82, 2.24) is 19.5 Å². The highest BCUT2D eigenvalue weighted by Crippen LogP contribution is 2.23. The van der Waals surface area contributed by atoms with Gasteiger partial charge in [0.2, 0.25) is 5.95 Å². The van der Waals surface area contributed by atoms with Crippen LogP contribution >= 0.6 is 11.6 Å². The first-order valence-electron chi connectivity index (χ1n) is 8.64. The lowest BCUT2D eigenvalue weighted by Crippen LogP contribution is -2.06. The summed E-state index contributed by atoms with van der Waals surface area (Å²) in [6, 6.07) is 8.22. The van der Waals surface area contributed by atoms with Gasteiger partial charge in [-0.25, -0.2) is 4.98 Å². The number of hydrogen-bond donors (Lipinski definition) is 2. The topological polar surface area (TPSA) is 85.1 Å². The Morgan fingerprint density at radius 2 is 2.04 bits per heavy atom. The molecule has 26 heavy (non-hydrogen) atoms. The van der Waals surface area contributed by atoms with E-state index < -0.39 is 0 Å². The largest absolute Gasteiger partial charge is 0.394 e. The summed E-state index contributed by atoms with van der Waals surface area (Å²) in [6.07, 6.45) is 5.04. The van der Waals surface area contributed by atoms with Crippen molar-refractivity contribution in [1.29, 1.82) is 0 Å². The van der Waals surface area contributed by atoms with Crippen molar-refractivity contribution in [2.24, 2.45) is 0 Å². The van der Waals surface area contributed by atoms with Crippen LogP contribution in [0.2, 0.25) is 5.15 Å². The number of aliphatic hydroxyl groups is 1. The molecule has 0 saturated carbocycles. The summed E-state index contributed by atoms with van der Waals surface area (Å²) >= 11 is 6.24. The van der Waals surface area contributed by atoms with Gasteiger partial charge in [-0.1, -0.05) is 37.1 Å². The van der Waals surface area contributed by atoms with E-state index in [0.29, 0.717) is 17.1 Å². The number of imidazole rings is 1. The average molecular weight is 376 g/mol. The van der Waals surface area contributed by atoms with E-state index in [0.717, 1.165) is 12.1 Å². The summed E-state index contributed by atoms with van der Waals surface area (Å²) in [7, 11) is 0. The third-order valence-corrected chi connectivity index (χ3v) is 4.18. The second kappa shape index (κ2) is 8.93. The van der Waals surface area contributed by atoms with E-state index in [1.54, 1.807) is 10.9 Å². The van der Waals surface area contributed by atoms with Crippen molar-refractivity contribution < 1.29 is 9.84 Å². The fraction of sp³-hybridized carbons (Fsp3) is 0.389. The van der Waals surface area contributed by atoms with Crippen molar-refractivity contribution in [2.75, 3.05) is 18.5 Å². The van der Waals surface area contributed by atoms with Gasteiger partial charge in [-0.3, -0.25) is 4.57 Å². The molecule has 0 spiro atoms. The molecular formula is C18H22ClN5O2. The monoisotopic (exact) mass is 375 g/mol. The Morgan fingerprint density at radius 3 is 2.77 bits per heavy atom. The van der Waals surface area contributed by atoms with Crippen molar-refractivity contribution in [2.45, 2.75) is 32.9 Å². The third kappa shape index (κ3) is 4.49. The Labute approximate surface area is 157 Å². The van der Waals surface area contributed by atoms with E-state index in [2.05, 4.69) is 39.3 Å². The highest BCUT2D eigenvalue weighted by molar-refractivity contribution is 6.33. The molecule has 0 unspecified atom stereocenters. The van der Waals surface area contributed by atoms with Crippen LogP contribution in [0.4, 0.5) is 11.6 Å². The molecule has 2 N–H and O–H groups in total. The van der Waals surface area contributed by atoms with Crippen LogP contribution in [0.1, 0.15) is 25.3 Å². The SMILES string of the molecule is CCCCc1ccc(Nc2nc(Cl)c3ncn(COCCO)c3n2)cc1. The minimum Gasteiger partial charge on any atom is -0.394 e. The summed E-state index contributed by atoms with van der Waals surface area (Å²) < 4.78 is 7.05. The zero-order valence-electron chi connectivity index (χ0n) is 14.7. The van der Waals surface area contributed by atoms with E-state index in [9.17, 15) is 0 Å². The smallest absolute Gasteiger partial charge is 0.230 e. The zero-order chi connectivity index (χ0) is 18.4. The second-order valence-electron chi connectivity index (χ2n) is 5.91. The average Bonchev–Trinajstić information content (AvgIpc) is 3.05. The van der Waals surface area contributed by atoms with Crippen molar-refractivity contribution in [3.8, 4) is 0 Å². The minimum atomic E-state index is -0.0383. The van der Waals surface area contributed by atoms with Crippen molar-refractivity contribution >= 4 is 34.4 Å². The van der Waals surface area contributed by atoms with Gasteiger partial charge >= 0.3 is 0 Å². The van der Waals surface area contributed by atoms with Gasteiger partial charge in [0.25, 0.3) is 0 Å². The highest BCUT2D eigenvalue weighted by atomic mass is 35.5. The number of ether oxygens (including phenoxy) is 1. The Bertz CT molecular complexity index is 851. The number of aromatic nitrogens is 4. The standard InChI is InChI=1S/C18H22ClN5O2/c1-2-3-4-13-5-7-14(8-6-13)21-18-22-16(19)15-17(23-18)24(11-20-15)12-26-10-9-25/h5-8,11,25H,2-4,9-10,12H2,1H3,(H,21,22,23). The van der Waals surface area contributed by atoms with Crippen molar-refractivity contribution in [3.05, 3.63) is 41.3 Å². The number of aliphatic hydroxyl groups excluding tert-OH is 1. The number of nitrogens with one attached hydrogen (secondary N) is 1. The molecule has 2 heterocycles. The first-order valence-corrected chi connectivity index (χ1v) is 9.02. The normalized spacial score (nSPS) is 11.2. The number of fused-ring (bicyclic) bond motifs is 1. The molecule has 138 valence electrons. The predicted octanol–water partition coefficient (Wildman–Crippen LogP) is 3.53. The number of rotatable bonds is 9. The molecule has 0 saturated heterocycles. The maximum Gasteiger partial charge on any atom is 0.230 e. The van der Waals surface area contributed by atoms with Crippen LogP contribution in [-0.2, 0) is 17.9 Å². The maximum absolute atomic E-state index is 8.82. The molecule has 3 rings (SSSR count). The first kappa shape index (κ1) is 18.6. The van der Waals surface area contributed by atoms with Crippen LogP contribution in [0, 0.1) is 0 Å². The number of nitrogens with zero attached hydrogens (tertiary/aromatic N) is 4. The van der Waals surface area contributed by atoms with Crippen LogP contribution in [-0.4, -0.2) is 37.8 Å². The highest BCUT2D eigenvalue weighted by Gasteiger charge is 2.12. The third-order valence-electron chi connectivity index (χ3n) is 3.92. The summed E-state index contributed by atoms with van der Waals surface area (Å²) in [5.74, 6) is 0.396. The molecule has 7 nitrogen and oxygen atoms in total. The molecule has 1 aromatic carbocycles. The molecule has 0 fully saturated rings. The van der Waals surface area contributed by atoms with Gasteiger partial charge in [0, 0.05) is 5.69 Å². The number of halogens is 1. The van der Waals surface area contributed by atoms with E-state index in [1.807, 2.05) is 12.1 Å². The molecule has 0 aliphatic carbocycles. The van der Waals surface area contributed by atoms with E-state index >= 15 is 0 Å². The number of hydrogen-bond acceptors (Lipinski definition) is 6. The van der Waals surface area contributed by atoms with Crippen LogP contribution in [0.5, 0.6) is 0 Å². The number of unbranched alkanes of at least 4 members (excludes halogenated alkanes) is 1. The van der Waals surface area contributed by atoms with E-state index in [4.69, 9.17) is 21.4 Å². The molecule has 8 heteroatoms. The number of aryl methyl sites for hydroxylation is 1. The molecular weight excluding hydrogens is 354 g/mol. The molecule has 2 aromatic heterocycles. The van der Waals surface area contributed by atoms with E-state index in [1.165, 1.54) is 18.4 Å². The van der Waals surface area contributed by atoms with E-state index in [-0.39, 0.29) is 25.1 Å². The van der Waals surface area contributed by atoms with Gasteiger partial charge < -0.3 is 15.2 Å². The summed E-state index contributed by atoms with van der Waals surface area (Å²) in [6.45, 7) is 2.63. The number of anilines is 2. The molecule has 0 atom stereocenters. The van der Waals surface area contributed by atoms with Crippen LogP contribution < -0.4 is 5.32 Å². The Hall–Kier alpha value is -2.22. The maximum atomic E-state index is 8.82. The van der Waals surface area contributed by atoms with Crippen LogP contribution in [0.3, 0.4) is 0 Å². The van der Waals surface area contributed by atoms with Gasteiger partial charge in [0.05, 0.1) is 19.5 Å². The van der Waals surface area contributed by atoms with Gasteiger partial charge in [0.15, 0.2) is 10.8 Å². The Balaban J connectivity index is 1.78. The quantitative estimate of drug-likeness (QED) is 0.439. The lowest BCUT2D eigenvalue weighted by molar-refractivity contribution is 0.0499. The molecule has 0 bridgehead atoms. The van der Waals surface area contributed by atoms with Gasteiger partial charge in [-0.2, -0.15) is 9.97 Å². The minimum absolute atomic E-state index is 0.0383. The van der Waals surface area contributed by atoms with Gasteiger partial charge in [-0.05, 0) is 30.5 Å². The summed E-state index contributed by atoms with van der Waals surface area (Å²) in [4.78, 5) is 13.0. The first-order chi connectivity index (χ1) is 12.7. The van der Waals surface area contributed by atoms with Gasteiger partial charge in [0.1, 0.15) is 12.2 Å². The van der Waals surface area contributed by atoms with Crippen molar-refractivity contribution in [3.63, 3.8) is 0 Å². The molecule has 0 aliphatic heterocycles. The summed E-state index contributed by atoms with van der Waals surface area (Å²) in [5.41, 5.74) is 3.29. The fourth-order valence-corrected chi connectivity index (χ4v) is 2.77. The van der Waals surface area contributed by atoms with Crippen LogP contribution in [0.15, 0.2) is 30.6 Å². The van der Waals surface area contributed by atoms with Gasteiger partial charge in [-0.15, -0.1) is 0 Å². The Morgan fingerprint density at radius 1 is 1.23 bits per heavy atom. The Kier molecular flexibility index (Phi) is 6.38. The summed E-state index contributed by atoms with van der Waals surface area (Å²) in [5, 5.41) is 12.3. The lowest BCUT2D eigenvalue weighted by atomic mass is 10.1.